The van der Waals surface area contributed by atoms with Gasteiger partial charge in [0.05, 0.1) is 6.54 Å². The Kier molecular flexibility index (Phi) is 6.16. The fraction of sp³-hybridized carbons (Fsp3) is 0.429. The van der Waals surface area contributed by atoms with Gasteiger partial charge in [-0.1, -0.05) is 42.0 Å². The molecule has 1 aliphatic carbocycles. The van der Waals surface area contributed by atoms with Gasteiger partial charge in [-0.3, -0.25) is 14.3 Å². The molecule has 27 heavy (non-hydrogen) atoms. The molecule has 0 aliphatic heterocycles. The molecule has 6 nitrogen and oxygen atoms in total. The molecule has 0 unspecified atom stereocenters. The second-order valence-electron chi connectivity index (χ2n) is 7.00. The van der Waals surface area contributed by atoms with Crippen LogP contribution in [0.4, 0.5) is 11.5 Å². The summed E-state index contributed by atoms with van der Waals surface area (Å²) >= 11 is 0. The zero-order valence-corrected chi connectivity index (χ0v) is 15.9. The number of nitrogens with two attached hydrogens (primary N) is 1. The van der Waals surface area contributed by atoms with Gasteiger partial charge in [-0.15, -0.1) is 0 Å². The van der Waals surface area contributed by atoms with Crippen LogP contribution in [0, 0.1) is 0 Å². The van der Waals surface area contributed by atoms with Crippen molar-refractivity contribution in [3.05, 3.63) is 68.4 Å². The first-order valence-electron chi connectivity index (χ1n) is 9.69. The smallest absolute Gasteiger partial charge is 0.330 e. The van der Waals surface area contributed by atoms with E-state index in [1.807, 2.05) is 42.2 Å². The van der Waals surface area contributed by atoms with Crippen molar-refractivity contribution in [1.29, 1.82) is 0 Å². The highest BCUT2D eigenvalue weighted by Crippen LogP contribution is 2.23. The maximum atomic E-state index is 12.5. The first-order chi connectivity index (χ1) is 13.1. The van der Waals surface area contributed by atoms with E-state index < -0.39 is 11.2 Å². The van der Waals surface area contributed by atoms with Crippen molar-refractivity contribution >= 4 is 11.5 Å². The number of aromatic amines is 1. The number of nitrogen functional groups attached to an aromatic ring is 1. The van der Waals surface area contributed by atoms with E-state index in [0.29, 0.717) is 18.8 Å². The summed E-state index contributed by atoms with van der Waals surface area (Å²) in [5, 5.41) is 0. The lowest BCUT2D eigenvalue weighted by Gasteiger charge is -2.26. The summed E-state index contributed by atoms with van der Waals surface area (Å²) in [5.41, 5.74) is 8.22. The summed E-state index contributed by atoms with van der Waals surface area (Å²) in [4.78, 5) is 29.3. The third-order valence-corrected chi connectivity index (χ3v) is 5.18. The maximum Gasteiger partial charge on any atom is 0.330 e. The number of hydrogen-bond acceptors (Lipinski definition) is 4. The van der Waals surface area contributed by atoms with Crippen molar-refractivity contribution in [2.24, 2.45) is 0 Å². The molecular weight excluding hydrogens is 340 g/mol. The van der Waals surface area contributed by atoms with Crippen LogP contribution in [0.2, 0.25) is 0 Å². The lowest BCUT2D eigenvalue weighted by Crippen LogP contribution is -2.39. The van der Waals surface area contributed by atoms with E-state index in [9.17, 15) is 9.59 Å². The van der Waals surface area contributed by atoms with E-state index in [2.05, 4.69) is 11.1 Å². The summed E-state index contributed by atoms with van der Waals surface area (Å²) in [7, 11) is 0. The minimum atomic E-state index is -0.476. The van der Waals surface area contributed by atoms with Crippen molar-refractivity contribution in [2.45, 2.75) is 45.6 Å². The first kappa shape index (κ1) is 19.0. The molecular formula is C21H28N4O2. The van der Waals surface area contributed by atoms with E-state index in [4.69, 9.17) is 5.73 Å². The van der Waals surface area contributed by atoms with Gasteiger partial charge in [0.15, 0.2) is 0 Å². The van der Waals surface area contributed by atoms with Crippen LogP contribution >= 0.6 is 0 Å². The van der Waals surface area contributed by atoms with Gasteiger partial charge in [0.2, 0.25) is 0 Å². The van der Waals surface area contributed by atoms with Crippen LogP contribution in [-0.2, 0) is 6.54 Å². The van der Waals surface area contributed by atoms with Crippen LogP contribution in [0.5, 0.6) is 0 Å². The Morgan fingerprint density at radius 2 is 1.96 bits per heavy atom. The van der Waals surface area contributed by atoms with E-state index in [1.54, 1.807) is 0 Å². The molecule has 0 atom stereocenters. The van der Waals surface area contributed by atoms with Gasteiger partial charge < -0.3 is 10.6 Å². The highest BCUT2D eigenvalue weighted by atomic mass is 16.2. The second kappa shape index (κ2) is 8.75. The van der Waals surface area contributed by atoms with E-state index in [-0.39, 0.29) is 5.82 Å². The van der Waals surface area contributed by atoms with Crippen molar-refractivity contribution in [2.75, 3.05) is 23.7 Å². The van der Waals surface area contributed by atoms with Crippen LogP contribution < -0.4 is 21.9 Å². The molecule has 1 aromatic heterocycles. The second-order valence-corrected chi connectivity index (χ2v) is 7.00. The largest absolute Gasteiger partial charge is 0.383 e. The van der Waals surface area contributed by atoms with Gasteiger partial charge in [-0.05, 0) is 44.6 Å². The fourth-order valence-electron chi connectivity index (χ4n) is 3.64. The molecule has 6 heteroatoms. The van der Waals surface area contributed by atoms with Gasteiger partial charge in [0, 0.05) is 13.1 Å². The molecule has 2 aromatic rings. The number of anilines is 2. The molecule has 1 aliphatic rings. The summed E-state index contributed by atoms with van der Waals surface area (Å²) < 4.78 is 1.44. The van der Waals surface area contributed by atoms with Crippen LogP contribution in [0.1, 0.15) is 44.6 Å². The van der Waals surface area contributed by atoms with Crippen LogP contribution in [0.15, 0.2) is 51.6 Å². The average Bonchev–Trinajstić information content (AvgIpc) is 2.69. The van der Waals surface area contributed by atoms with Crippen molar-refractivity contribution in [3.8, 4) is 0 Å². The van der Waals surface area contributed by atoms with Crippen LogP contribution in [0.25, 0.3) is 0 Å². The minimum Gasteiger partial charge on any atom is -0.383 e. The quantitative estimate of drug-likeness (QED) is 0.736. The Bertz CT molecular complexity index is 912. The summed E-state index contributed by atoms with van der Waals surface area (Å²) in [6, 6.07) is 9.62. The zero-order valence-electron chi connectivity index (χ0n) is 15.9. The molecule has 3 N–H and O–H groups in total. The predicted molar refractivity (Wildman–Crippen MR) is 110 cm³/mol. The SMILES string of the molecule is CCN(CCC1=CCCCC1)c1c(N)n(Cc2ccccc2)c(=O)[nH]c1=O. The van der Waals surface area contributed by atoms with Gasteiger partial charge in [-0.25, -0.2) is 4.79 Å². The van der Waals surface area contributed by atoms with Crippen LogP contribution in [-0.4, -0.2) is 22.6 Å². The molecule has 0 radical (unpaired) electrons. The molecule has 0 spiro atoms. The predicted octanol–water partition coefficient (Wildman–Crippen LogP) is 2.88. The Morgan fingerprint density at radius 3 is 2.63 bits per heavy atom. The molecule has 3 rings (SSSR count). The topological polar surface area (TPSA) is 84.1 Å². The minimum absolute atomic E-state index is 0.229. The van der Waals surface area contributed by atoms with Crippen molar-refractivity contribution in [1.82, 2.24) is 9.55 Å². The Labute approximate surface area is 159 Å². The van der Waals surface area contributed by atoms with E-state index >= 15 is 0 Å². The fourth-order valence-corrected chi connectivity index (χ4v) is 3.64. The first-order valence-corrected chi connectivity index (χ1v) is 9.69. The van der Waals surface area contributed by atoms with Gasteiger partial charge in [0.25, 0.3) is 5.56 Å². The summed E-state index contributed by atoms with van der Waals surface area (Å²) in [5.74, 6) is 0.229. The Hall–Kier alpha value is -2.76. The number of H-pyrrole nitrogens is 1. The Morgan fingerprint density at radius 1 is 1.19 bits per heavy atom. The molecule has 0 fully saturated rings. The molecule has 1 heterocycles. The van der Waals surface area contributed by atoms with Crippen LogP contribution in [0.3, 0.4) is 0 Å². The molecule has 1 aromatic carbocycles. The number of allylic oxidation sites excluding steroid dienone is 1. The maximum absolute atomic E-state index is 12.5. The number of rotatable bonds is 7. The van der Waals surface area contributed by atoms with Gasteiger partial charge in [-0.2, -0.15) is 0 Å². The highest BCUT2D eigenvalue weighted by molar-refractivity contribution is 5.62. The third kappa shape index (κ3) is 4.51. The third-order valence-electron chi connectivity index (χ3n) is 5.18. The Balaban J connectivity index is 1.88. The van der Waals surface area contributed by atoms with Crippen molar-refractivity contribution < 1.29 is 0 Å². The molecule has 0 amide bonds. The lowest BCUT2D eigenvalue weighted by molar-refractivity contribution is 0.662. The normalized spacial score (nSPS) is 14.0. The number of hydrogen-bond donors (Lipinski definition) is 2. The highest BCUT2D eigenvalue weighted by Gasteiger charge is 2.18. The summed E-state index contributed by atoms with van der Waals surface area (Å²) in [6.45, 7) is 3.71. The van der Waals surface area contributed by atoms with E-state index in [1.165, 1.54) is 23.0 Å². The zero-order chi connectivity index (χ0) is 19.2. The number of aromatic nitrogens is 2. The molecule has 0 saturated heterocycles. The number of nitrogens with zero attached hydrogens (tertiary/aromatic N) is 2. The van der Waals surface area contributed by atoms with E-state index in [0.717, 1.165) is 31.4 Å². The molecule has 0 saturated carbocycles. The van der Waals surface area contributed by atoms with Gasteiger partial charge >= 0.3 is 5.69 Å². The summed E-state index contributed by atoms with van der Waals surface area (Å²) in [6.07, 6.45) is 8.02. The molecule has 0 bridgehead atoms. The standard InChI is InChI=1S/C21H28N4O2/c1-2-24(14-13-16-9-5-3-6-10-16)18-19(22)25(21(27)23-20(18)26)15-17-11-7-4-8-12-17/h4,7-9,11-12H,2-3,5-6,10,13-15,22H2,1H3,(H,23,26,27). The van der Waals surface area contributed by atoms with Crippen molar-refractivity contribution in [3.63, 3.8) is 0 Å². The number of benzene rings is 1. The lowest BCUT2D eigenvalue weighted by atomic mass is 9.97. The average molecular weight is 368 g/mol. The molecule has 144 valence electrons. The monoisotopic (exact) mass is 368 g/mol. The number of nitrogens with one attached hydrogen (secondary N) is 1. The van der Waals surface area contributed by atoms with Gasteiger partial charge in [0.1, 0.15) is 11.5 Å².